The Labute approximate surface area is 111 Å². The molecule has 1 N–H and O–H groups in total. The maximum Gasteiger partial charge on any atom is 0.119 e. The van der Waals surface area contributed by atoms with Crippen molar-refractivity contribution in [3.8, 4) is 5.75 Å². The maximum absolute atomic E-state index is 5.87. The number of ether oxygens (including phenoxy) is 1. The minimum absolute atomic E-state index is 0.677. The van der Waals surface area contributed by atoms with Crippen LogP contribution in [-0.2, 0) is 0 Å². The van der Waals surface area contributed by atoms with Gasteiger partial charge in [-0.25, -0.2) is 0 Å². The number of benzene rings is 2. The van der Waals surface area contributed by atoms with Crippen molar-refractivity contribution in [1.29, 1.82) is 0 Å². The summed E-state index contributed by atoms with van der Waals surface area (Å²) in [6.07, 6.45) is 1.73. The third kappa shape index (κ3) is 3.50. The third-order valence-corrected chi connectivity index (χ3v) is 2.56. The lowest BCUT2D eigenvalue weighted by Gasteiger charge is -2.01. The van der Waals surface area contributed by atoms with Gasteiger partial charge in [-0.05, 0) is 35.9 Å². The van der Waals surface area contributed by atoms with Crippen molar-refractivity contribution < 1.29 is 4.74 Å². The monoisotopic (exact) mass is 260 g/mol. The molecule has 0 atom stereocenters. The van der Waals surface area contributed by atoms with Gasteiger partial charge in [-0.15, -0.1) is 0 Å². The second-order valence-corrected chi connectivity index (χ2v) is 4.09. The molecule has 2 rings (SSSR count). The molecular weight excluding hydrogens is 248 g/mol. The lowest BCUT2D eigenvalue weighted by molar-refractivity contribution is 0.415. The molecule has 0 spiro atoms. The first-order chi connectivity index (χ1) is 8.78. The van der Waals surface area contributed by atoms with E-state index in [0.29, 0.717) is 5.02 Å². The molecule has 4 heteroatoms. The highest BCUT2D eigenvalue weighted by atomic mass is 35.5. The number of rotatable bonds is 4. The molecule has 3 nitrogen and oxygen atoms in total. The predicted molar refractivity (Wildman–Crippen MR) is 75.7 cm³/mol. The summed E-state index contributed by atoms with van der Waals surface area (Å²) in [6.45, 7) is 0. The lowest BCUT2D eigenvalue weighted by atomic mass is 10.2. The van der Waals surface area contributed by atoms with E-state index < -0.39 is 0 Å². The van der Waals surface area contributed by atoms with Crippen LogP contribution < -0.4 is 10.2 Å². The summed E-state index contributed by atoms with van der Waals surface area (Å²) in [5.74, 6) is 0.807. The highest BCUT2D eigenvalue weighted by Crippen LogP contribution is 2.15. The molecule has 0 amide bonds. The number of methoxy groups -OCH3 is 1. The maximum atomic E-state index is 5.87. The van der Waals surface area contributed by atoms with Gasteiger partial charge in [-0.1, -0.05) is 29.8 Å². The third-order valence-electron chi connectivity index (χ3n) is 2.33. The van der Waals surface area contributed by atoms with Crippen molar-refractivity contribution in [2.75, 3.05) is 12.5 Å². The molecule has 0 heterocycles. The van der Waals surface area contributed by atoms with Crippen LogP contribution in [0.25, 0.3) is 0 Å². The van der Waals surface area contributed by atoms with Gasteiger partial charge in [0.25, 0.3) is 0 Å². The molecule has 2 aromatic rings. The predicted octanol–water partition coefficient (Wildman–Crippen LogP) is 3.79. The van der Waals surface area contributed by atoms with E-state index >= 15 is 0 Å². The summed E-state index contributed by atoms with van der Waals surface area (Å²) >= 11 is 5.87. The molecule has 0 bridgehead atoms. The summed E-state index contributed by atoms with van der Waals surface area (Å²) in [7, 11) is 1.64. The Hall–Kier alpha value is -2.00. The van der Waals surface area contributed by atoms with E-state index in [0.717, 1.165) is 17.0 Å². The zero-order valence-electron chi connectivity index (χ0n) is 9.93. The van der Waals surface area contributed by atoms with Gasteiger partial charge in [0.15, 0.2) is 0 Å². The number of hydrogen-bond acceptors (Lipinski definition) is 3. The van der Waals surface area contributed by atoms with Crippen LogP contribution in [0.4, 0.5) is 5.69 Å². The highest BCUT2D eigenvalue weighted by Gasteiger charge is 1.93. The fraction of sp³-hybridized carbons (Fsp3) is 0.0714. The molecule has 0 saturated heterocycles. The van der Waals surface area contributed by atoms with Gasteiger partial charge in [0.2, 0.25) is 0 Å². The number of hydrazone groups is 1. The molecule has 2 aromatic carbocycles. The van der Waals surface area contributed by atoms with Crippen LogP contribution in [0.3, 0.4) is 0 Å². The van der Waals surface area contributed by atoms with Crippen LogP contribution in [-0.4, -0.2) is 13.3 Å². The van der Waals surface area contributed by atoms with Crippen LogP contribution in [0.5, 0.6) is 5.75 Å². The Bertz CT molecular complexity index is 555. The SMILES string of the molecule is COc1cccc(C=NNc2cccc(Cl)c2)c1. The Morgan fingerprint density at radius 2 is 2.00 bits per heavy atom. The molecule has 0 aliphatic heterocycles. The number of halogens is 1. The van der Waals surface area contributed by atoms with Crippen LogP contribution in [0, 0.1) is 0 Å². The first-order valence-corrected chi connectivity index (χ1v) is 5.84. The fourth-order valence-electron chi connectivity index (χ4n) is 1.46. The molecule has 0 aliphatic rings. The van der Waals surface area contributed by atoms with Gasteiger partial charge in [0.05, 0.1) is 19.0 Å². The molecule has 0 aromatic heterocycles. The van der Waals surface area contributed by atoms with E-state index in [1.165, 1.54) is 0 Å². The summed E-state index contributed by atoms with van der Waals surface area (Å²) < 4.78 is 5.14. The van der Waals surface area contributed by atoms with Crippen LogP contribution in [0.1, 0.15) is 5.56 Å². The second-order valence-electron chi connectivity index (χ2n) is 3.66. The Kier molecular flexibility index (Phi) is 4.20. The minimum Gasteiger partial charge on any atom is -0.497 e. The van der Waals surface area contributed by atoms with Crippen molar-refractivity contribution in [3.05, 3.63) is 59.1 Å². The normalized spacial score (nSPS) is 10.6. The van der Waals surface area contributed by atoms with Gasteiger partial charge in [0.1, 0.15) is 5.75 Å². The van der Waals surface area contributed by atoms with Crippen molar-refractivity contribution >= 4 is 23.5 Å². The van der Waals surface area contributed by atoms with Crippen molar-refractivity contribution in [3.63, 3.8) is 0 Å². The fourth-order valence-corrected chi connectivity index (χ4v) is 1.65. The van der Waals surface area contributed by atoms with Gasteiger partial charge in [-0.3, -0.25) is 5.43 Å². The highest BCUT2D eigenvalue weighted by molar-refractivity contribution is 6.30. The minimum atomic E-state index is 0.677. The van der Waals surface area contributed by atoms with Crippen molar-refractivity contribution in [2.45, 2.75) is 0 Å². The average Bonchev–Trinajstić information content (AvgIpc) is 2.39. The van der Waals surface area contributed by atoms with E-state index in [2.05, 4.69) is 10.5 Å². The summed E-state index contributed by atoms with van der Waals surface area (Å²) in [6, 6.07) is 15.1. The molecule has 0 radical (unpaired) electrons. The standard InChI is InChI=1S/C14H13ClN2O/c1-18-14-7-2-4-11(8-14)10-16-17-13-6-3-5-12(15)9-13/h2-10,17H,1H3. The van der Waals surface area contributed by atoms with Crippen LogP contribution in [0.2, 0.25) is 5.02 Å². The molecule has 18 heavy (non-hydrogen) atoms. The molecule has 92 valence electrons. The second kappa shape index (κ2) is 6.07. The quantitative estimate of drug-likeness (QED) is 0.670. The molecule has 0 aliphatic carbocycles. The zero-order chi connectivity index (χ0) is 12.8. The molecule has 0 unspecified atom stereocenters. The number of nitrogens with one attached hydrogen (secondary N) is 1. The van der Waals surface area contributed by atoms with Gasteiger partial charge in [0, 0.05) is 5.02 Å². The number of anilines is 1. The summed E-state index contributed by atoms with van der Waals surface area (Å²) in [5, 5.41) is 4.82. The zero-order valence-corrected chi connectivity index (χ0v) is 10.7. The molecular formula is C14H13ClN2O. The lowest BCUT2D eigenvalue weighted by Crippen LogP contribution is -1.91. The van der Waals surface area contributed by atoms with Gasteiger partial charge >= 0.3 is 0 Å². The topological polar surface area (TPSA) is 33.6 Å². The Morgan fingerprint density at radius 3 is 2.78 bits per heavy atom. The van der Waals surface area contributed by atoms with Crippen LogP contribution >= 0.6 is 11.6 Å². The van der Waals surface area contributed by atoms with E-state index in [9.17, 15) is 0 Å². The first-order valence-electron chi connectivity index (χ1n) is 5.46. The van der Waals surface area contributed by atoms with E-state index in [1.54, 1.807) is 13.3 Å². The van der Waals surface area contributed by atoms with Gasteiger partial charge < -0.3 is 4.74 Å². The first kappa shape index (κ1) is 12.5. The molecule has 0 fully saturated rings. The van der Waals surface area contributed by atoms with Crippen molar-refractivity contribution in [2.24, 2.45) is 5.10 Å². The summed E-state index contributed by atoms with van der Waals surface area (Å²) in [5.41, 5.74) is 4.73. The van der Waals surface area contributed by atoms with E-state index in [4.69, 9.17) is 16.3 Å². The number of nitrogens with zero attached hydrogens (tertiary/aromatic N) is 1. The smallest absolute Gasteiger partial charge is 0.119 e. The number of hydrogen-bond donors (Lipinski definition) is 1. The Balaban J connectivity index is 2.02. The van der Waals surface area contributed by atoms with E-state index in [-0.39, 0.29) is 0 Å². The summed E-state index contributed by atoms with van der Waals surface area (Å²) in [4.78, 5) is 0. The Morgan fingerprint density at radius 1 is 1.17 bits per heavy atom. The van der Waals surface area contributed by atoms with Gasteiger partial charge in [-0.2, -0.15) is 5.10 Å². The molecule has 0 saturated carbocycles. The van der Waals surface area contributed by atoms with Crippen LogP contribution in [0.15, 0.2) is 53.6 Å². The van der Waals surface area contributed by atoms with E-state index in [1.807, 2.05) is 48.5 Å². The average molecular weight is 261 g/mol. The largest absolute Gasteiger partial charge is 0.497 e. The van der Waals surface area contributed by atoms with Crippen molar-refractivity contribution in [1.82, 2.24) is 0 Å².